The first-order valence-electron chi connectivity index (χ1n) is 29.4. The van der Waals surface area contributed by atoms with Crippen LogP contribution in [-0.4, -0.2) is 245 Å². The molecule has 0 saturated carbocycles. The van der Waals surface area contributed by atoms with Gasteiger partial charge in [0, 0.05) is 100.0 Å². The summed E-state index contributed by atoms with van der Waals surface area (Å²) in [5.41, 5.74) is 1.79. The molecule has 0 unspecified atom stereocenters. The van der Waals surface area contributed by atoms with E-state index >= 15 is 0 Å². The highest BCUT2D eigenvalue weighted by Gasteiger charge is 2.47. The number of aromatic nitrogens is 1. The number of likely N-dealkylation sites (tertiary alicyclic amines) is 2. The Balaban J connectivity index is 1.00. The number of fused-ring (bicyclic) bond motifs is 1. The Kier molecular flexibility index (Phi) is 27.2. The van der Waals surface area contributed by atoms with E-state index in [4.69, 9.17) is 4.74 Å². The minimum absolute atomic E-state index is 0.0988. The van der Waals surface area contributed by atoms with Crippen LogP contribution < -0.4 is 26.0 Å². The molecule has 25 nitrogen and oxygen atoms in total. The molecule has 474 valence electrons. The number of nitrogens with zero attached hydrogens (tertiary/aromatic N) is 8. The molecule has 3 aliphatic rings. The summed E-state index contributed by atoms with van der Waals surface area (Å²) in [5.74, 6) is -8.78. The molecular weight excluding hydrogens is 1250 g/mol. The third-order valence-corrected chi connectivity index (χ3v) is 16.3. The Morgan fingerprint density at radius 1 is 0.759 bits per heavy atom. The van der Waals surface area contributed by atoms with Crippen molar-refractivity contribution in [3.8, 4) is 11.8 Å². The number of piperidine rings is 1. The molecule has 1 aromatic heterocycles. The van der Waals surface area contributed by atoms with Crippen LogP contribution in [0.5, 0.6) is 5.75 Å². The van der Waals surface area contributed by atoms with Crippen LogP contribution in [0.1, 0.15) is 80.6 Å². The maximum absolute atomic E-state index is 14.1. The van der Waals surface area contributed by atoms with E-state index in [2.05, 4.69) is 48.8 Å². The van der Waals surface area contributed by atoms with Crippen molar-refractivity contribution >= 4 is 86.8 Å². The fourth-order valence-corrected chi connectivity index (χ4v) is 11.2. The number of rotatable bonds is 28. The van der Waals surface area contributed by atoms with Crippen molar-refractivity contribution in [3.05, 3.63) is 69.4 Å². The fraction of sp³-hybridized carbons (Fsp3) is 0.576. The van der Waals surface area contributed by atoms with Crippen LogP contribution in [0.25, 0.3) is 10.9 Å². The number of ether oxygens (including phenoxy) is 1. The van der Waals surface area contributed by atoms with Crippen molar-refractivity contribution in [2.75, 3.05) is 118 Å². The molecule has 3 aliphatic heterocycles. The van der Waals surface area contributed by atoms with Crippen molar-refractivity contribution in [1.29, 1.82) is 5.26 Å². The number of halogens is 3. The number of amides is 6. The average molecular weight is 1330 g/mol. The Hall–Kier alpha value is -7.20. The quantitative estimate of drug-likeness (QED) is 0.0404. The number of carbonyl (C=O) groups excluding carboxylic acids is 6. The summed E-state index contributed by atoms with van der Waals surface area (Å²) in [6.45, 7) is 1.76. The van der Waals surface area contributed by atoms with Crippen LogP contribution in [0, 0.1) is 20.8 Å². The largest absolute Gasteiger partial charge is 0.494 e. The normalized spacial score (nSPS) is 18.3. The lowest BCUT2D eigenvalue weighted by atomic mass is 9.92. The molecule has 2 aromatic carbocycles. The smallest absolute Gasteiger partial charge is 0.317 e. The number of nitrogens with one attached hydrogen (secondary N) is 4. The Morgan fingerprint density at radius 2 is 1.36 bits per heavy atom. The topological polar surface area (TPSA) is 328 Å². The second-order valence-corrected chi connectivity index (χ2v) is 23.6. The second-order valence-electron chi connectivity index (χ2n) is 22.3. The first-order chi connectivity index (χ1) is 41.5. The van der Waals surface area contributed by atoms with Crippen molar-refractivity contribution < 1.29 is 72.0 Å². The highest BCUT2D eigenvalue weighted by Crippen LogP contribution is 2.32. The number of hydrogen-bond acceptors (Lipinski definition) is 16. The number of carboxylic acids is 3. The van der Waals surface area contributed by atoms with Gasteiger partial charge in [0.2, 0.25) is 29.5 Å². The van der Waals surface area contributed by atoms with Crippen LogP contribution in [0.15, 0.2) is 54.7 Å². The maximum Gasteiger partial charge on any atom is 0.317 e. The molecule has 7 N–H and O–H groups in total. The molecule has 0 aliphatic carbocycles. The van der Waals surface area contributed by atoms with E-state index in [0.717, 1.165) is 26.9 Å². The summed E-state index contributed by atoms with van der Waals surface area (Å²) in [4.78, 5) is 130. The van der Waals surface area contributed by atoms with Gasteiger partial charge < -0.3 is 51.1 Å². The first-order valence-corrected chi connectivity index (χ1v) is 30.4. The molecule has 87 heavy (non-hydrogen) atoms. The summed E-state index contributed by atoms with van der Waals surface area (Å²) in [7, 11) is 0. The first kappa shape index (κ1) is 68.9. The van der Waals surface area contributed by atoms with Crippen LogP contribution >= 0.6 is 22.6 Å². The van der Waals surface area contributed by atoms with Gasteiger partial charge in [0.05, 0.1) is 63.0 Å². The van der Waals surface area contributed by atoms with Gasteiger partial charge in [-0.25, -0.2) is 8.78 Å². The number of alkyl halides is 2. The summed E-state index contributed by atoms with van der Waals surface area (Å²) in [6.07, 6.45) is 5.57. The van der Waals surface area contributed by atoms with Gasteiger partial charge in [-0.15, -0.1) is 0 Å². The number of benzene rings is 2. The molecule has 6 rings (SSSR count). The van der Waals surface area contributed by atoms with Crippen LogP contribution in [0.4, 0.5) is 8.78 Å². The zero-order chi connectivity index (χ0) is 63.0. The van der Waals surface area contributed by atoms with E-state index in [-0.39, 0.29) is 121 Å². The standard InChI is InChI=1S/C59H79F2IN12O13/c1-40(58(86)73-20-16-42(17-21-73)6-4-30-87-45-13-14-48-47(31-45)46(15-19-64-48)56(84)66-34-52(77)74-39-59(60,61)32-44(74)33-63)67-57(85)49(7-3-18-65-50(75)8-2-5-41-9-11-43(62)12-10-41)68-51(76)35-69-22-24-70(36-53(78)79)26-28-72(38-55(82)83)29-27-71(25-23-69)37-54(80)81/h9-15,19,31,40,42,44,49H,2-8,16-18,20-30,32,34-39H2,1H3,(H,65,75)(H,66,84)(H,67,85)(H,68,76)(H,78,79)(H,80,81)(H,82,83)/t40-,44+,49-/m0/s1. The summed E-state index contributed by atoms with van der Waals surface area (Å²) in [5, 5.41) is 49.6. The number of pyridine rings is 1. The zero-order valence-corrected chi connectivity index (χ0v) is 51.1. The number of aliphatic carboxylic acids is 3. The molecule has 3 aromatic rings. The molecule has 0 radical (unpaired) electrons. The number of nitriles is 1. The van der Waals surface area contributed by atoms with Crippen LogP contribution in [0.3, 0.4) is 0 Å². The molecule has 0 spiro atoms. The Bertz CT molecular complexity index is 2880. The lowest BCUT2D eigenvalue weighted by molar-refractivity contribution is -0.140. The van der Waals surface area contributed by atoms with Gasteiger partial charge in [-0.1, -0.05) is 12.1 Å². The number of hydrogen-bond donors (Lipinski definition) is 7. The predicted molar refractivity (Wildman–Crippen MR) is 321 cm³/mol. The van der Waals surface area contributed by atoms with Gasteiger partial charge in [0.25, 0.3) is 11.8 Å². The molecular formula is C59H79F2IN12O13. The van der Waals surface area contributed by atoms with E-state index in [0.29, 0.717) is 68.5 Å². The molecule has 3 atom stereocenters. The van der Waals surface area contributed by atoms with Gasteiger partial charge in [-0.05, 0) is 129 Å². The van der Waals surface area contributed by atoms with E-state index in [1.54, 1.807) is 55.7 Å². The van der Waals surface area contributed by atoms with Gasteiger partial charge in [-0.2, -0.15) is 5.26 Å². The predicted octanol–water partition coefficient (Wildman–Crippen LogP) is 2.11. The third kappa shape index (κ3) is 23.4. The van der Waals surface area contributed by atoms with Gasteiger partial charge in [0.15, 0.2) is 0 Å². The van der Waals surface area contributed by atoms with E-state index < -0.39 is 85.1 Å². The molecule has 28 heteroatoms. The molecule has 0 bridgehead atoms. The second kappa shape index (κ2) is 34.4. The van der Waals surface area contributed by atoms with Gasteiger partial charge in [0.1, 0.15) is 23.9 Å². The van der Waals surface area contributed by atoms with Crippen LogP contribution in [-0.2, 0) is 44.8 Å². The lowest BCUT2D eigenvalue weighted by Gasteiger charge is -2.34. The van der Waals surface area contributed by atoms with Crippen molar-refractivity contribution in [2.45, 2.75) is 95.2 Å². The Labute approximate surface area is 517 Å². The summed E-state index contributed by atoms with van der Waals surface area (Å²) in [6, 6.07) is 12.9. The SMILES string of the molecule is C[C@H](NC(=O)[C@H](CCCNC(=O)CCCc1ccc(I)cc1)NC(=O)CN1CCN(CC(=O)O)CCN(CC(=O)O)CCN(CC(=O)O)CC1)C(=O)N1CCC(CCCOc2ccc3nccc(C(=O)NCC(=O)N4CC(F)(F)C[C@@H]4C#N)c3c2)CC1. The van der Waals surface area contributed by atoms with E-state index in [9.17, 15) is 72.5 Å². The summed E-state index contributed by atoms with van der Waals surface area (Å²) < 4.78 is 35.0. The summed E-state index contributed by atoms with van der Waals surface area (Å²) >= 11 is 2.23. The van der Waals surface area contributed by atoms with Crippen molar-refractivity contribution in [3.63, 3.8) is 0 Å². The third-order valence-electron chi connectivity index (χ3n) is 15.6. The Morgan fingerprint density at radius 3 is 1.94 bits per heavy atom. The zero-order valence-electron chi connectivity index (χ0n) is 48.9. The van der Waals surface area contributed by atoms with Crippen LogP contribution in [0.2, 0.25) is 0 Å². The monoisotopic (exact) mass is 1330 g/mol. The van der Waals surface area contributed by atoms with Crippen molar-refractivity contribution in [1.82, 2.24) is 55.7 Å². The highest BCUT2D eigenvalue weighted by atomic mass is 127. The molecule has 3 saturated heterocycles. The highest BCUT2D eigenvalue weighted by molar-refractivity contribution is 14.1. The maximum atomic E-state index is 14.1. The number of aryl methyl sites for hydroxylation is 1. The minimum atomic E-state index is -3.19. The molecule has 6 amide bonds. The van der Waals surface area contributed by atoms with Crippen molar-refractivity contribution in [2.24, 2.45) is 5.92 Å². The molecule has 4 heterocycles. The number of carbonyl (C=O) groups is 9. The van der Waals surface area contributed by atoms with E-state index in [1.807, 2.05) is 24.3 Å². The fourth-order valence-electron chi connectivity index (χ4n) is 10.8. The van der Waals surface area contributed by atoms with E-state index in [1.165, 1.54) is 12.3 Å². The van der Waals surface area contributed by atoms with Gasteiger partial charge >= 0.3 is 17.9 Å². The lowest BCUT2D eigenvalue weighted by Crippen LogP contribution is -2.55. The molecule has 3 fully saturated rings. The average Bonchev–Trinajstić information content (AvgIpc) is 3.49. The number of carboxylic acid groups (broad SMARTS) is 3. The van der Waals surface area contributed by atoms with Gasteiger partial charge in [-0.3, -0.25) is 67.7 Å². The minimum Gasteiger partial charge on any atom is -0.494 e.